The minimum atomic E-state index is -0.739. The van der Waals surface area contributed by atoms with Gasteiger partial charge in [-0.3, -0.25) is 0 Å². The van der Waals surface area contributed by atoms with Gasteiger partial charge in [-0.1, -0.05) is 0 Å². The number of amides is 1. The smallest absolute Gasteiger partial charge is 0.405 e. The van der Waals surface area contributed by atoms with E-state index in [1.165, 1.54) is 6.33 Å². The minimum Gasteiger partial charge on any atom is -0.442 e. The monoisotopic (exact) mass is 258 g/mol. The molecule has 1 unspecified atom stereocenters. The maximum Gasteiger partial charge on any atom is 0.405 e. The predicted molar refractivity (Wildman–Crippen MR) is 70.2 cm³/mol. The zero-order chi connectivity index (χ0) is 13.2. The van der Waals surface area contributed by atoms with Gasteiger partial charge in [0.2, 0.25) is 0 Å². The van der Waals surface area contributed by atoms with Crippen LogP contribution in [0.4, 0.5) is 4.79 Å². The summed E-state index contributed by atoms with van der Waals surface area (Å²) in [5.74, 6) is 0. The first-order valence-corrected chi connectivity index (χ1v) is 6.19. The van der Waals surface area contributed by atoms with Crippen molar-refractivity contribution in [2.75, 3.05) is 0 Å². The molecule has 6 heteroatoms. The first-order valence-electron chi connectivity index (χ1n) is 6.19. The quantitative estimate of drug-likeness (QED) is 0.861. The molecule has 0 radical (unpaired) electrons. The van der Waals surface area contributed by atoms with Crippen molar-refractivity contribution in [2.24, 2.45) is 5.73 Å². The van der Waals surface area contributed by atoms with Crippen molar-refractivity contribution in [1.82, 2.24) is 15.0 Å². The number of aromatic amines is 1. The molecule has 0 saturated carbocycles. The van der Waals surface area contributed by atoms with Crippen molar-refractivity contribution in [3.63, 3.8) is 0 Å². The summed E-state index contributed by atoms with van der Waals surface area (Å²) < 4.78 is 5.05. The Morgan fingerprint density at radius 1 is 1.47 bits per heavy atom. The third-order valence-electron chi connectivity index (χ3n) is 3.25. The highest BCUT2D eigenvalue weighted by atomic mass is 16.6. The molecule has 0 aliphatic heterocycles. The van der Waals surface area contributed by atoms with Crippen LogP contribution < -0.4 is 5.73 Å². The maximum atomic E-state index is 10.8. The van der Waals surface area contributed by atoms with E-state index in [1.54, 1.807) is 0 Å². The number of aromatic nitrogens is 3. The fourth-order valence-electron chi connectivity index (χ4n) is 2.45. The Bertz CT molecular complexity index is 647. The topological polar surface area (TPSA) is 93.9 Å². The van der Waals surface area contributed by atoms with Crippen molar-refractivity contribution >= 4 is 22.7 Å². The van der Waals surface area contributed by atoms with Crippen LogP contribution in [-0.4, -0.2) is 27.1 Å². The average Bonchev–Trinajstić information content (AvgIpc) is 2.86. The molecule has 0 fully saturated rings. The Balaban J connectivity index is 1.98. The van der Waals surface area contributed by atoms with Gasteiger partial charge in [0.1, 0.15) is 18.1 Å². The molecular weight excluding hydrogens is 244 g/mol. The normalized spacial score (nSPS) is 19.2. The first-order chi connectivity index (χ1) is 9.24. The fourth-order valence-corrected chi connectivity index (χ4v) is 2.45. The number of fused-ring (bicyclic) bond motifs is 1. The molecule has 6 nitrogen and oxygen atoms in total. The van der Waals surface area contributed by atoms with Gasteiger partial charge in [0, 0.05) is 11.6 Å². The Kier molecular flexibility index (Phi) is 2.91. The van der Waals surface area contributed by atoms with Crippen LogP contribution in [0.1, 0.15) is 25.0 Å². The summed E-state index contributed by atoms with van der Waals surface area (Å²) >= 11 is 0. The van der Waals surface area contributed by atoms with Gasteiger partial charge in [-0.25, -0.2) is 14.8 Å². The molecule has 1 atom stereocenters. The molecule has 0 saturated heterocycles. The summed E-state index contributed by atoms with van der Waals surface area (Å²) in [6.45, 7) is 0. The van der Waals surface area contributed by atoms with Crippen LogP contribution >= 0.6 is 0 Å². The van der Waals surface area contributed by atoms with Crippen molar-refractivity contribution in [2.45, 2.75) is 25.4 Å². The van der Waals surface area contributed by atoms with Gasteiger partial charge in [-0.15, -0.1) is 0 Å². The van der Waals surface area contributed by atoms with Crippen molar-refractivity contribution < 1.29 is 9.53 Å². The summed E-state index contributed by atoms with van der Waals surface area (Å²) in [6, 6.07) is 1.95. The lowest BCUT2D eigenvalue weighted by molar-refractivity contribution is 0.122. The molecule has 19 heavy (non-hydrogen) atoms. The molecule has 2 aromatic rings. The van der Waals surface area contributed by atoms with Crippen molar-refractivity contribution in [1.29, 1.82) is 0 Å². The van der Waals surface area contributed by atoms with Crippen LogP contribution in [-0.2, 0) is 4.74 Å². The first kappa shape index (κ1) is 11.7. The van der Waals surface area contributed by atoms with E-state index in [1.807, 2.05) is 18.3 Å². The molecule has 3 rings (SSSR count). The SMILES string of the molecule is NC(=O)OC1C=C(c2ncnc3[nH]ccc23)CCC1. The van der Waals surface area contributed by atoms with Gasteiger partial charge in [0.15, 0.2) is 0 Å². The molecule has 1 aliphatic carbocycles. The standard InChI is InChI=1S/C13H14N4O2/c14-13(18)19-9-3-1-2-8(6-9)11-10-4-5-15-12(10)17-7-16-11/h4-7,9H,1-3H2,(H2,14,18)(H,15,16,17). The van der Waals surface area contributed by atoms with Gasteiger partial charge in [-0.05, 0) is 37.0 Å². The number of primary amides is 1. The lowest BCUT2D eigenvalue weighted by atomic mass is 9.94. The van der Waals surface area contributed by atoms with Gasteiger partial charge >= 0.3 is 6.09 Å². The summed E-state index contributed by atoms with van der Waals surface area (Å²) in [6.07, 6.45) is 6.96. The number of H-pyrrole nitrogens is 1. The highest BCUT2D eigenvalue weighted by Crippen LogP contribution is 2.30. The zero-order valence-electron chi connectivity index (χ0n) is 10.3. The largest absolute Gasteiger partial charge is 0.442 e. The average molecular weight is 258 g/mol. The van der Waals surface area contributed by atoms with Gasteiger partial charge in [-0.2, -0.15) is 0 Å². The molecule has 2 heterocycles. The number of nitrogens with one attached hydrogen (secondary N) is 1. The third kappa shape index (κ3) is 2.29. The summed E-state index contributed by atoms with van der Waals surface area (Å²) in [5.41, 5.74) is 7.84. The Labute approximate surface area is 109 Å². The van der Waals surface area contributed by atoms with E-state index in [4.69, 9.17) is 10.5 Å². The van der Waals surface area contributed by atoms with E-state index in [0.717, 1.165) is 41.6 Å². The van der Waals surface area contributed by atoms with Crippen LogP contribution in [0.3, 0.4) is 0 Å². The van der Waals surface area contributed by atoms with E-state index >= 15 is 0 Å². The van der Waals surface area contributed by atoms with E-state index in [2.05, 4.69) is 15.0 Å². The van der Waals surface area contributed by atoms with Crippen LogP contribution in [0.5, 0.6) is 0 Å². The zero-order valence-corrected chi connectivity index (χ0v) is 10.3. The molecule has 1 amide bonds. The van der Waals surface area contributed by atoms with Crippen molar-refractivity contribution in [3.05, 3.63) is 30.4 Å². The number of hydrogen-bond donors (Lipinski definition) is 2. The predicted octanol–water partition coefficient (Wildman–Crippen LogP) is 1.99. The number of carbonyl (C=O) groups excluding carboxylic acids is 1. The maximum absolute atomic E-state index is 10.8. The number of nitrogens with zero attached hydrogens (tertiary/aromatic N) is 2. The second-order valence-corrected chi connectivity index (χ2v) is 4.52. The van der Waals surface area contributed by atoms with E-state index in [9.17, 15) is 4.79 Å². The molecule has 98 valence electrons. The molecular formula is C13H14N4O2. The number of allylic oxidation sites excluding steroid dienone is 1. The van der Waals surface area contributed by atoms with E-state index in [0.29, 0.717) is 0 Å². The van der Waals surface area contributed by atoms with Gasteiger partial charge in [0.25, 0.3) is 0 Å². The Morgan fingerprint density at radius 2 is 2.37 bits per heavy atom. The minimum absolute atomic E-state index is 0.259. The van der Waals surface area contributed by atoms with Crippen LogP contribution in [0.15, 0.2) is 24.7 Å². The molecule has 3 N–H and O–H groups in total. The Hall–Kier alpha value is -2.37. The van der Waals surface area contributed by atoms with E-state index in [-0.39, 0.29) is 6.10 Å². The summed E-state index contributed by atoms with van der Waals surface area (Å²) in [4.78, 5) is 22.4. The molecule has 0 spiro atoms. The summed E-state index contributed by atoms with van der Waals surface area (Å²) in [7, 11) is 0. The van der Waals surface area contributed by atoms with E-state index < -0.39 is 6.09 Å². The molecule has 0 bridgehead atoms. The number of ether oxygens (including phenoxy) is 1. The lowest BCUT2D eigenvalue weighted by Crippen LogP contribution is -2.23. The second kappa shape index (κ2) is 4.72. The number of rotatable bonds is 2. The molecule has 1 aliphatic rings. The fraction of sp³-hybridized carbons (Fsp3) is 0.308. The second-order valence-electron chi connectivity index (χ2n) is 4.52. The highest BCUT2D eigenvalue weighted by molar-refractivity contribution is 5.88. The van der Waals surface area contributed by atoms with Gasteiger partial charge in [0.05, 0.1) is 5.69 Å². The lowest BCUT2D eigenvalue weighted by Gasteiger charge is -2.20. The number of nitrogens with two attached hydrogens (primary N) is 1. The molecule has 2 aromatic heterocycles. The summed E-state index contributed by atoms with van der Waals surface area (Å²) in [5, 5.41) is 0.980. The highest BCUT2D eigenvalue weighted by Gasteiger charge is 2.19. The van der Waals surface area contributed by atoms with Gasteiger partial charge < -0.3 is 15.5 Å². The van der Waals surface area contributed by atoms with Crippen LogP contribution in [0, 0.1) is 0 Å². The Morgan fingerprint density at radius 3 is 3.21 bits per heavy atom. The van der Waals surface area contributed by atoms with Crippen LogP contribution in [0.25, 0.3) is 16.6 Å². The third-order valence-corrected chi connectivity index (χ3v) is 3.25. The number of hydrogen-bond acceptors (Lipinski definition) is 4. The number of carbonyl (C=O) groups is 1. The van der Waals surface area contributed by atoms with Crippen LogP contribution in [0.2, 0.25) is 0 Å². The van der Waals surface area contributed by atoms with Crippen molar-refractivity contribution in [3.8, 4) is 0 Å². The molecule has 0 aromatic carbocycles.